The van der Waals surface area contributed by atoms with Crippen molar-refractivity contribution in [2.75, 3.05) is 0 Å². The lowest BCUT2D eigenvalue weighted by atomic mass is 10.6. The van der Waals surface area contributed by atoms with E-state index in [9.17, 15) is 0 Å². The molecule has 0 radical (unpaired) electrons. The van der Waals surface area contributed by atoms with Crippen LogP contribution in [0.5, 0.6) is 0 Å². The number of hydrogen-bond donors (Lipinski definition) is 0. The summed E-state index contributed by atoms with van der Waals surface area (Å²) in [5.41, 5.74) is 7.23. The van der Waals surface area contributed by atoms with Gasteiger partial charge in [0, 0.05) is 0 Å². The molecule has 0 aromatic heterocycles. The van der Waals surface area contributed by atoms with E-state index < -0.39 is 34.2 Å². The Kier molecular flexibility index (Phi) is 10.2. The van der Waals surface area contributed by atoms with Crippen LogP contribution in [0.2, 0.25) is 24.2 Å². The van der Waals surface area contributed by atoms with E-state index in [0.29, 0.717) is 0 Å². The highest BCUT2D eigenvalue weighted by Crippen LogP contribution is 2.40. The first-order valence-electron chi connectivity index (χ1n) is 10.7. The zero-order valence-corrected chi connectivity index (χ0v) is 22.4. The van der Waals surface area contributed by atoms with Gasteiger partial charge < -0.3 is 16.5 Å². The van der Waals surface area contributed by atoms with Crippen LogP contribution in [-0.2, 0) is 16.5 Å². The van der Waals surface area contributed by atoms with Crippen molar-refractivity contribution in [3.8, 4) is 0 Å². The van der Waals surface area contributed by atoms with E-state index in [4.69, 9.17) is 16.5 Å². The molecule has 1 heterocycles. The topological polar surface area (TPSA) is 36.9 Å². The first kappa shape index (κ1) is 25.7. The molecule has 0 aromatic carbocycles. The summed E-state index contributed by atoms with van der Waals surface area (Å²) in [5.74, 6) is 0. The molecule has 0 N–H and O–H groups in total. The Bertz CT molecular complexity index is 478. The minimum atomic E-state index is -2.93. The van der Waals surface area contributed by atoms with Gasteiger partial charge in [-0.2, -0.15) is 0 Å². The molecular formula is C20H40O4Si4. The van der Waals surface area contributed by atoms with E-state index >= 15 is 0 Å². The molecule has 0 bridgehead atoms. The second-order valence-electron chi connectivity index (χ2n) is 7.49. The highest BCUT2D eigenvalue weighted by atomic mass is 28.5. The second kappa shape index (κ2) is 11.2. The molecular weight excluding hydrogens is 417 g/mol. The third kappa shape index (κ3) is 5.85. The van der Waals surface area contributed by atoms with Gasteiger partial charge in [-0.15, -0.1) is 26.3 Å². The first-order valence-corrected chi connectivity index (χ1v) is 19.1. The van der Waals surface area contributed by atoms with Crippen molar-refractivity contribution in [1.29, 1.82) is 0 Å². The minimum absolute atomic E-state index is 0.933. The maximum Gasteiger partial charge on any atom is 0.373 e. The van der Waals surface area contributed by atoms with Crippen molar-refractivity contribution in [2.24, 2.45) is 0 Å². The summed E-state index contributed by atoms with van der Waals surface area (Å²) in [7, 11) is -11.0. The standard InChI is InChI=1S/C20H40O4Si4/c1-9-17-27(18-10-2)22-25(13-5,14-6)21-26(15-7,16-8)23-28(24-27,19-11-3)20-12-4/h13-16H,5-12,17-20H2,1-4H3. The summed E-state index contributed by atoms with van der Waals surface area (Å²) in [6.45, 7) is 25.0. The quantitative estimate of drug-likeness (QED) is 0.319. The molecule has 4 nitrogen and oxygen atoms in total. The third-order valence-electron chi connectivity index (χ3n) is 5.04. The molecule has 0 aliphatic carbocycles. The van der Waals surface area contributed by atoms with Gasteiger partial charge in [0.25, 0.3) is 0 Å². The molecule has 1 rings (SSSR count). The van der Waals surface area contributed by atoms with Crippen LogP contribution >= 0.6 is 0 Å². The van der Waals surface area contributed by atoms with Crippen molar-refractivity contribution in [3.63, 3.8) is 0 Å². The van der Waals surface area contributed by atoms with E-state index in [1.807, 2.05) is 22.8 Å². The van der Waals surface area contributed by atoms with E-state index in [1.165, 1.54) is 0 Å². The number of hydrogen-bond acceptors (Lipinski definition) is 4. The van der Waals surface area contributed by atoms with Gasteiger partial charge in [-0.1, -0.05) is 53.4 Å². The van der Waals surface area contributed by atoms with Crippen molar-refractivity contribution < 1.29 is 16.5 Å². The maximum atomic E-state index is 7.18. The van der Waals surface area contributed by atoms with E-state index in [-0.39, 0.29) is 0 Å². The lowest BCUT2D eigenvalue weighted by molar-refractivity contribution is 0.231. The predicted octanol–water partition coefficient (Wildman–Crippen LogP) is 6.38. The molecule has 1 aliphatic heterocycles. The lowest BCUT2D eigenvalue weighted by Crippen LogP contribution is -2.68. The Hall–Kier alpha value is -0.332. The molecule has 0 saturated carbocycles. The summed E-state index contributed by atoms with van der Waals surface area (Å²) < 4.78 is 27.8. The van der Waals surface area contributed by atoms with Gasteiger partial charge in [0.1, 0.15) is 0 Å². The molecule has 0 atom stereocenters. The first-order chi connectivity index (χ1) is 13.3. The fraction of sp³-hybridized carbons (Fsp3) is 0.600. The zero-order valence-electron chi connectivity index (χ0n) is 18.4. The largest absolute Gasteiger partial charge is 0.415 e. The molecule has 0 unspecified atom stereocenters. The monoisotopic (exact) mass is 456 g/mol. The molecule has 0 spiro atoms. The van der Waals surface area contributed by atoms with E-state index in [2.05, 4.69) is 54.0 Å². The van der Waals surface area contributed by atoms with Crippen LogP contribution in [0.4, 0.5) is 0 Å². The van der Waals surface area contributed by atoms with Crippen molar-refractivity contribution >= 4 is 34.2 Å². The average molecular weight is 457 g/mol. The molecule has 1 fully saturated rings. The van der Waals surface area contributed by atoms with Crippen LogP contribution in [0, 0.1) is 0 Å². The average Bonchev–Trinajstić information content (AvgIpc) is 2.66. The van der Waals surface area contributed by atoms with Crippen molar-refractivity contribution in [1.82, 2.24) is 0 Å². The Labute approximate surface area is 177 Å². The van der Waals surface area contributed by atoms with Crippen LogP contribution in [0.25, 0.3) is 0 Å². The SMILES string of the molecule is C=C[Si]1(C=C)O[Si](C=C)(C=C)O[Si](CCC)(CCC)O[Si](CCC)(CCC)O1. The Morgan fingerprint density at radius 3 is 1.00 bits per heavy atom. The highest BCUT2D eigenvalue weighted by Gasteiger charge is 2.59. The van der Waals surface area contributed by atoms with E-state index in [0.717, 1.165) is 49.9 Å². The smallest absolute Gasteiger partial charge is 0.373 e. The van der Waals surface area contributed by atoms with Gasteiger partial charge in [0.2, 0.25) is 0 Å². The summed E-state index contributed by atoms with van der Waals surface area (Å²) in [6, 6.07) is 3.73. The molecule has 1 aliphatic rings. The van der Waals surface area contributed by atoms with Gasteiger partial charge in [-0.05, 0) is 47.0 Å². The summed E-state index contributed by atoms with van der Waals surface area (Å²) >= 11 is 0. The van der Waals surface area contributed by atoms with Gasteiger partial charge in [-0.3, -0.25) is 0 Å². The van der Waals surface area contributed by atoms with Crippen LogP contribution in [0.3, 0.4) is 0 Å². The third-order valence-corrected chi connectivity index (χ3v) is 23.4. The summed E-state index contributed by atoms with van der Waals surface area (Å²) in [4.78, 5) is 0. The molecule has 0 amide bonds. The summed E-state index contributed by atoms with van der Waals surface area (Å²) in [5, 5.41) is 0. The zero-order chi connectivity index (χ0) is 21.3. The number of rotatable bonds is 12. The molecule has 28 heavy (non-hydrogen) atoms. The molecule has 1 saturated heterocycles. The Morgan fingerprint density at radius 2 is 0.786 bits per heavy atom. The van der Waals surface area contributed by atoms with Gasteiger partial charge in [0.15, 0.2) is 0 Å². The highest BCUT2D eigenvalue weighted by molar-refractivity contribution is 7.00. The lowest BCUT2D eigenvalue weighted by Gasteiger charge is -2.51. The van der Waals surface area contributed by atoms with Gasteiger partial charge in [0.05, 0.1) is 0 Å². The fourth-order valence-electron chi connectivity index (χ4n) is 3.93. The van der Waals surface area contributed by atoms with Gasteiger partial charge in [-0.25, -0.2) is 0 Å². The molecule has 160 valence electrons. The van der Waals surface area contributed by atoms with Crippen LogP contribution in [-0.4, -0.2) is 34.2 Å². The van der Waals surface area contributed by atoms with Crippen LogP contribution in [0.15, 0.2) is 49.1 Å². The van der Waals surface area contributed by atoms with Gasteiger partial charge >= 0.3 is 34.2 Å². The normalized spacial score (nSPS) is 22.4. The molecule has 0 aromatic rings. The van der Waals surface area contributed by atoms with Crippen LogP contribution < -0.4 is 0 Å². The fourth-order valence-corrected chi connectivity index (χ4v) is 25.3. The van der Waals surface area contributed by atoms with Crippen molar-refractivity contribution in [2.45, 2.75) is 77.6 Å². The second-order valence-corrected chi connectivity index (χ2v) is 20.9. The Morgan fingerprint density at radius 1 is 0.500 bits per heavy atom. The predicted molar refractivity (Wildman–Crippen MR) is 129 cm³/mol. The minimum Gasteiger partial charge on any atom is -0.415 e. The van der Waals surface area contributed by atoms with E-state index in [1.54, 1.807) is 0 Å². The maximum absolute atomic E-state index is 7.18. The summed E-state index contributed by atoms with van der Waals surface area (Å²) in [6.07, 6.45) is 4.05. The van der Waals surface area contributed by atoms with Crippen LogP contribution in [0.1, 0.15) is 53.4 Å². The van der Waals surface area contributed by atoms with Crippen molar-refractivity contribution in [3.05, 3.63) is 49.1 Å². The molecule has 8 heteroatoms. The Balaban J connectivity index is 3.67.